The highest BCUT2D eigenvalue weighted by Crippen LogP contribution is 2.27. The minimum atomic E-state index is -1.57. The largest absolute Gasteiger partial charge is 0.491 e. The summed E-state index contributed by atoms with van der Waals surface area (Å²) in [5, 5.41) is 0. The van der Waals surface area contributed by atoms with Gasteiger partial charge in [0.1, 0.15) is 0 Å². The molecule has 0 spiro atoms. The SMILES string of the molecule is CCOC(=O)C(=O)c1cc(F)c(F)c(OC)c1F. The number of esters is 1. The number of methoxy groups -OCH3 is 1. The molecule has 18 heavy (non-hydrogen) atoms. The van der Waals surface area contributed by atoms with E-state index in [0.29, 0.717) is 0 Å². The van der Waals surface area contributed by atoms with Gasteiger partial charge < -0.3 is 9.47 Å². The Hall–Kier alpha value is -2.05. The summed E-state index contributed by atoms with van der Waals surface area (Å²) >= 11 is 0. The van der Waals surface area contributed by atoms with E-state index in [2.05, 4.69) is 9.47 Å². The molecule has 7 heteroatoms. The molecule has 0 saturated carbocycles. The number of carbonyl (C=O) groups excluding carboxylic acids is 2. The third-order valence-electron chi connectivity index (χ3n) is 2.03. The van der Waals surface area contributed by atoms with Gasteiger partial charge in [-0.15, -0.1) is 0 Å². The Labute approximate surface area is 100 Å². The van der Waals surface area contributed by atoms with Crippen LogP contribution in [0, 0.1) is 17.5 Å². The molecule has 0 unspecified atom stereocenters. The van der Waals surface area contributed by atoms with Crippen LogP contribution in [0.1, 0.15) is 17.3 Å². The third-order valence-corrected chi connectivity index (χ3v) is 2.03. The van der Waals surface area contributed by atoms with Crippen LogP contribution in [0.15, 0.2) is 6.07 Å². The highest BCUT2D eigenvalue weighted by molar-refractivity contribution is 6.40. The van der Waals surface area contributed by atoms with E-state index >= 15 is 0 Å². The van der Waals surface area contributed by atoms with Gasteiger partial charge in [0.25, 0.3) is 5.78 Å². The van der Waals surface area contributed by atoms with E-state index < -0.39 is 40.5 Å². The normalized spacial score (nSPS) is 10.1. The molecule has 0 aliphatic carbocycles. The van der Waals surface area contributed by atoms with Gasteiger partial charge in [0.15, 0.2) is 17.4 Å². The fraction of sp³-hybridized carbons (Fsp3) is 0.273. The summed E-state index contributed by atoms with van der Waals surface area (Å²) in [7, 11) is 0.902. The maximum absolute atomic E-state index is 13.6. The second kappa shape index (κ2) is 5.52. The van der Waals surface area contributed by atoms with Gasteiger partial charge in [-0.25, -0.2) is 13.6 Å². The van der Waals surface area contributed by atoms with Crippen molar-refractivity contribution in [3.8, 4) is 5.75 Å². The second-order valence-electron chi connectivity index (χ2n) is 3.12. The zero-order chi connectivity index (χ0) is 13.9. The van der Waals surface area contributed by atoms with Crippen molar-refractivity contribution in [3.63, 3.8) is 0 Å². The van der Waals surface area contributed by atoms with Gasteiger partial charge in [0, 0.05) is 0 Å². The molecule has 0 N–H and O–H groups in total. The fourth-order valence-corrected chi connectivity index (χ4v) is 1.23. The monoisotopic (exact) mass is 262 g/mol. The molecule has 0 heterocycles. The standard InChI is InChI=1S/C11H9F3O4/c1-3-18-11(16)9(15)5-4-6(12)8(14)10(17-2)7(5)13/h4H,3H2,1-2H3. The van der Waals surface area contributed by atoms with Gasteiger partial charge in [0.2, 0.25) is 5.82 Å². The Morgan fingerprint density at radius 2 is 1.83 bits per heavy atom. The Balaban J connectivity index is 3.30. The molecule has 0 atom stereocenters. The smallest absolute Gasteiger partial charge is 0.379 e. The van der Waals surface area contributed by atoms with E-state index in [1.165, 1.54) is 6.92 Å². The first-order valence-corrected chi connectivity index (χ1v) is 4.86. The average molecular weight is 262 g/mol. The predicted octanol–water partition coefficient (Wildman–Crippen LogP) is 1.86. The zero-order valence-corrected chi connectivity index (χ0v) is 9.55. The summed E-state index contributed by atoms with van der Waals surface area (Å²) in [6.07, 6.45) is 0. The lowest BCUT2D eigenvalue weighted by molar-refractivity contribution is -0.137. The van der Waals surface area contributed by atoms with Gasteiger partial charge in [-0.2, -0.15) is 4.39 Å². The molecule has 0 aromatic heterocycles. The van der Waals surface area contributed by atoms with E-state index in [4.69, 9.17) is 0 Å². The second-order valence-corrected chi connectivity index (χ2v) is 3.12. The van der Waals surface area contributed by atoms with Crippen LogP contribution in [0.5, 0.6) is 5.75 Å². The van der Waals surface area contributed by atoms with Crippen LogP contribution in [0.3, 0.4) is 0 Å². The summed E-state index contributed by atoms with van der Waals surface area (Å²) in [4.78, 5) is 22.5. The average Bonchev–Trinajstić information content (AvgIpc) is 2.34. The summed E-state index contributed by atoms with van der Waals surface area (Å²) in [5.41, 5.74) is -0.941. The molecule has 1 rings (SSSR count). The Morgan fingerprint density at radius 1 is 1.22 bits per heavy atom. The fourth-order valence-electron chi connectivity index (χ4n) is 1.23. The van der Waals surface area contributed by atoms with Crippen molar-refractivity contribution in [2.45, 2.75) is 6.92 Å². The Morgan fingerprint density at radius 3 is 2.33 bits per heavy atom. The third kappa shape index (κ3) is 2.44. The number of carbonyl (C=O) groups is 2. The van der Waals surface area contributed by atoms with Crippen molar-refractivity contribution in [1.29, 1.82) is 0 Å². The van der Waals surface area contributed by atoms with Crippen molar-refractivity contribution in [1.82, 2.24) is 0 Å². The van der Waals surface area contributed by atoms with Crippen LogP contribution >= 0.6 is 0 Å². The van der Waals surface area contributed by atoms with E-state index in [0.717, 1.165) is 7.11 Å². The highest BCUT2D eigenvalue weighted by Gasteiger charge is 2.27. The number of rotatable bonds is 4. The highest BCUT2D eigenvalue weighted by atomic mass is 19.2. The summed E-state index contributed by atoms with van der Waals surface area (Å²) in [6.45, 7) is 1.33. The molecule has 0 aliphatic heterocycles. The molecule has 4 nitrogen and oxygen atoms in total. The molecular weight excluding hydrogens is 253 g/mol. The first-order chi connectivity index (χ1) is 8.43. The minimum Gasteiger partial charge on any atom is -0.491 e. The molecule has 98 valence electrons. The first kappa shape index (κ1) is 14.0. The van der Waals surface area contributed by atoms with E-state index in [9.17, 15) is 22.8 Å². The van der Waals surface area contributed by atoms with Gasteiger partial charge >= 0.3 is 5.97 Å². The number of halogens is 3. The van der Waals surface area contributed by atoms with Gasteiger partial charge in [-0.1, -0.05) is 0 Å². The molecule has 0 radical (unpaired) electrons. The van der Waals surface area contributed by atoms with E-state index in [1.807, 2.05) is 0 Å². The van der Waals surface area contributed by atoms with Crippen LogP contribution in [-0.4, -0.2) is 25.5 Å². The molecule has 0 fully saturated rings. The number of Topliss-reactive ketones (excluding diaryl/α,β-unsaturated/α-hetero) is 1. The number of ketones is 1. The lowest BCUT2D eigenvalue weighted by Crippen LogP contribution is -2.19. The molecular formula is C11H9F3O4. The topological polar surface area (TPSA) is 52.6 Å². The number of hydrogen-bond donors (Lipinski definition) is 0. The van der Waals surface area contributed by atoms with Crippen molar-refractivity contribution in [2.75, 3.05) is 13.7 Å². The lowest BCUT2D eigenvalue weighted by atomic mass is 10.1. The zero-order valence-electron chi connectivity index (χ0n) is 9.55. The van der Waals surface area contributed by atoms with Gasteiger partial charge in [0.05, 0.1) is 19.3 Å². The first-order valence-electron chi connectivity index (χ1n) is 4.86. The Kier molecular flexibility index (Phi) is 4.30. The van der Waals surface area contributed by atoms with Gasteiger partial charge in [-0.3, -0.25) is 4.79 Å². The van der Waals surface area contributed by atoms with Crippen molar-refractivity contribution in [2.24, 2.45) is 0 Å². The quantitative estimate of drug-likeness (QED) is 0.359. The molecule has 0 saturated heterocycles. The van der Waals surface area contributed by atoms with Crippen molar-refractivity contribution in [3.05, 3.63) is 29.1 Å². The van der Waals surface area contributed by atoms with Crippen molar-refractivity contribution < 1.29 is 32.2 Å². The number of hydrogen-bond acceptors (Lipinski definition) is 4. The lowest BCUT2D eigenvalue weighted by Gasteiger charge is -2.08. The number of benzene rings is 1. The van der Waals surface area contributed by atoms with Crippen LogP contribution in [0.4, 0.5) is 13.2 Å². The summed E-state index contributed by atoms with van der Waals surface area (Å²) in [6, 6.07) is 0.284. The minimum absolute atomic E-state index is 0.104. The summed E-state index contributed by atoms with van der Waals surface area (Å²) in [5.74, 6) is -8.36. The van der Waals surface area contributed by atoms with E-state index in [-0.39, 0.29) is 12.7 Å². The van der Waals surface area contributed by atoms with Crippen LogP contribution in [-0.2, 0) is 9.53 Å². The Bertz CT molecular complexity index is 500. The predicted molar refractivity (Wildman–Crippen MR) is 53.8 cm³/mol. The molecule has 0 aliphatic rings. The van der Waals surface area contributed by atoms with Crippen LogP contribution in [0.2, 0.25) is 0 Å². The van der Waals surface area contributed by atoms with Gasteiger partial charge in [-0.05, 0) is 13.0 Å². The molecule has 1 aromatic carbocycles. The number of ether oxygens (including phenoxy) is 2. The molecule has 0 bridgehead atoms. The molecule has 1 aromatic rings. The maximum Gasteiger partial charge on any atom is 0.379 e. The van der Waals surface area contributed by atoms with Crippen molar-refractivity contribution >= 4 is 11.8 Å². The van der Waals surface area contributed by atoms with Crippen LogP contribution in [0.25, 0.3) is 0 Å². The summed E-state index contributed by atoms with van der Waals surface area (Å²) < 4.78 is 48.4. The van der Waals surface area contributed by atoms with Crippen LogP contribution < -0.4 is 4.74 Å². The van der Waals surface area contributed by atoms with E-state index in [1.54, 1.807) is 0 Å². The maximum atomic E-state index is 13.6. The molecule has 0 amide bonds.